The van der Waals surface area contributed by atoms with E-state index in [0.717, 1.165) is 18.7 Å². The maximum atomic E-state index is 11.1. The van der Waals surface area contributed by atoms with Crippen molar-refractivity contribution in [2.45, 2.75) is 52.0 Å². The maximum absolute atomic E-state index is 11.1. The predicted molar refractivity (Wildman–Crippen MR) is 70.7 cm³/mol. The SMILES string of the molecule is CCCC[C@H](Nc1ccnc(C(C)C)n1)C(=O)O. The van der Waals surface area contributed by atoms with E-state index in [-0.39, 0.29) is 5.92 Å². The number of carboxylic acids is 1. The summed E-state index contributed by atoms with van der Waals surface area (Å²) in [5.74, 6) is 0.690. The molecule has 1 rings (SSSR count). The highest BCUT2D eigenvalue weighted by atomic mass is 16.4. The molecule has 0 radical (unpaired) electrons. The Labute approximate surface area is 108 Å². The minimum Gasteiger partial charge on any atom is -0.480 e. The van der Waals surface area contributed by atoms with Crippen molar-refractivity contribution in [2.24, 2.45) is 0 Å². The molecule has 5 nitrogen and oxygen atoms in total. The van der Waals surface area contributed by atoms with Crippen molar-refractivity contribution in [1.82, 2.24) is 9.97 Å². The number of aromatic nitrogens is 2. The van der Waals surface area contributed by atoms with Gasteiger partial charge in [-0.15, -0.1) is 0 Å². The number of nitrogens with one attached hydrogen (secondary N) is 1. The number of aliphatic carboxylic acids is 1. The molecule has 1 heterocycles. The van der Waals surface area contributed by atoms with Crippen LogP contribution in [0.5, 0.6) is 0 Å². The van der Waals surface area contributed by atoms with Gasteiger partial charge in [-0.2, -0.15) is 0 Å². The Morgan fingerprint density at radius 3 is 2.78 bits per heavy atom. The highest BCUT2D eigenvalue weighted by Crippen LogP contribution is 2.13. The highest BCUT2D eigenvalue weighted by Gasteiger charge is 2.17. The Balaban J connectivity index is 2.74. The summed E-state index contributed by atoms with van der Waals surface area (Å²) in [5, 5.41) is 12.1. The number of unbranched alkanes of at least 4 members (excludes halogenated alkanes) is 1. The molecule has 1 aromatic rings. The molecule has 0 aliphatic heterocycles. The fraction of sp³-hybridized carbons (Fsp3) is 0.615. The van der Waals surface area contributed by atoms with Crippen LogP contribution >= 0.6 is 0 Å². The van der Waals surface area contributed by atoms with Crippen LogP contribution in [-0.4, -0.2) is 27.1 Å². The van der Waals surface area contributed by atoms with E-state index >= 15 is 0 Å². The molecule has 0 spiro atoms. The average Bonchev–Trinajstić information content (AvgIpc) is 2.34. The second-order valence-corrected chi connectivity index (χ2v) is 4.63. The fourth-order valence-corrected chi connectivity index (χ4v) is 1.58. The van der Waals surface area contributed by atoms with Crippen molar-refractivity contribution < 1.29 is 9.90 Å². The molecular formula is C13H21N3O2. The molecule has 0 aliphatic carbocycles. The largest absolute Gasteiger partial charge is 0.480 e. The summed E-state index contributed by atoms with van der Waals surface area (Å²) < 4.78 is 0. The third kappa shape index (κ3) is 4.31. The van der Waals surface area contributed by atoms with E-state index in [1.54, 1.807) is 12.3 Å². The van der Waals surface area contributed by atoms with Crippen LogP contribution in [-0.2, 0) is 4.79 Å². The summed E-state index contributed by atoms with van der Waals surface area (Å²) in [6.07, 6.45) is 4.12. The van der Waals surface area contributed by atoms with Crippen LogP contribution in [0.4, 0.5) is 5.82 Å². The third-order valence-corrected chi connectivity index (χ3v) is 2.66. The van der Waals surface area contributed by atoms with Crippen LogP contribution in [0.15, 0.2) is 12.3 Å². The lowest BCUT2D eigenvalue weighted by Gasteiger charge is -2.15. The molecule has 5 heteroatoms. The lowest BCUT2D eigenvalue weighted by atomic mass is 10.1. The average molecular weight is 251 g/mol. The zero-order chi connectivity index (χ0) is 13.5. The van der Waals surface area contributed by atoms with Crippen LogP contribution in [0.25, 0.3) is 0 Å². The molecule has 0 saturated carbocycles. The van der Waals surface area contributed by atoms with E-state index in [9.17, 15) is 4.79 Å². The van der Waals surface area contributed by atoms with Gasteiger partial charge in [-0.05, 0) is 12.5 Å². The molecule has 1 atom stereocenters. The van der Waals surface area contributed by atoms with Crippen molar-refractivity contribution in [3.8, 4) is 0 Å². The summed E-state index contributed by atoms with van der Waals surface area (Å²) in [5.41, 5.74) is 0. The smallest absolute Gasteiger partial charge is 0.326 e. The Morgan fingerprint density at radius 1 is 1.50 bits per heavy atom. The molecule has 0 saturated heterocycles. The van der Waals surface area contributed by atoms with E-state index in [4.69, 9.17) is 5.11 Å². The minimum atomic E-state index is -0.840. The molecule has 0 amide bonds. The van der Waals surface area contributed by atoms with Crippen molar-refractivity contribution in [3.63, 3.8) is 0 Å². The number of rotatable bonds is 7. The van der Waals surface area contributed by atoms with Crippen molar-refractivity contribution in [1.29, 1.82) is 0 Å². The maximum Gasteiger partial charge on any atom is 0.326 e. The van der Waals surface area contributed by atoms with Crippen LogP contribution in [0.2, 0.25) is 0 Å². The molecule has 18 heavy (non-hydrogen) atoms. The van der Waals surface area contributed by atoms with Crippen LogP contribution < -0.4 is 5.32 Å². The monoisotopic (exact) mass is 251 g/mol. The van der Waals surface area contributed by atoms with Crippen LogP contribution in [0, 0.1) is 0 Å². The molecule has 2 N–H and O–H groups in total. The summed E-state index contributed by atoms with van der Waals surface area (Å²) >= 11 is 0. The number of anilines is 1. The standard InChI is InChI=1S/C13H21N3O2/c1-4-5-6-10(13(17)18)15-11-7-8-14-12(16-11)9(2)3/h7-10H,4-6H2,1-3H3,(H,17,18)(H,14,15,16)/t10-/m0/s1. The number of hydrogen-bond donors (Lipinski definition) is 2. The second kappa shape index (κ2) is 6.93. The van der Waals surface area contributed by atoms with Gasteiger partial charge in [0, 0.05) is 12.1 Å². The summed E-state index contributed by atoms with van der Waals surface area (Å²) in [6, 6.07) is 1.12. The van der Waals surface area contributed by atoms with E-state index in [2.05, 4.69) is 15.3 Å². The molecule has 0 unspecified atom stereocenters. The van der Waals surface area contributed by atoms with Crippen molar-refractivity contribution >= 4 is 11.8 Å². The van der Waals surface area contributed by atoms with E-state index in [1.165, 1.54) is 0 Å². The second-order valence-electron chi connectivity index (χ2n) is 4.63. The summed E-state index contributed by atoms with van der Waals surface area (Å²) in [7, 11) is 0. The van der Waals surface area contributed by atoms with Gasteiger partial charge in [0.25, 0.3) is 0 Å². The molecule has 0 fully saturated rings. The normalized spacial score (nSPS) is 12.4. The Morgan fingerprint density at radius 2 is 2.22 bits per heavy atom. The number of nitrogens with zero attached hydrogens (tertiary/aromatic N) is 2. The summed E-state index contributed by atoms with van der Waals surface area (Å²) in [4.78, 5) is 19.6. The molecule has 0 bridgehead atoms. The molecule has 1 aromatic heterocycles. The van der Waals surface area contributed by atoms with Crippen molar-refractivity contribution in [2.75, 3.05) is 5.32 Å². The molecule has 0 aliphatic rings. The fourth-order valence-electron chi connectivity index (χ4n) is 1.58. The predicted octanol–water partition coefficient (Wildman–Crippen LogP) is 2.66. The van der Waals surface area contributed by atoms with E-state index in [0.29, 0.717) is 12.2 Å². The lowest BCUT2D eigenvalue weighted by molar-refractivity contribution is -0.138. The zero-order valence-electron chi connectivity index (χ0n) is 11.2. The highest BCUT2D eigenvalue weighted by molar-refractivity contribution is 5.76. The Kier molecular flexibility index (Phi) is 5.55. The third-order valence-electron chi connectivity index (χ3n) is 2.66. The first-order valence-corrected chi connectivity index (χ1v) is 6.36. The van der Waals surface area contributed by atoms with Gasteiger partial charge in [0.1, 0.15) is 17.7 Å². The Bertz CT molecular complexity index is 394. The summed E-state index contributed by atoms with van der Waals surface area (Å²) in [6.45, 7) is 6.05. The van der Waals surface area contributed by atoms with Gasteiger partial charge in [0.2, 0.25) is 0 Å². The molecule has 100 valence electrons. The van der Waals surface area contributed by atoms with Crippen molar-refractivity contribution in [3.05, 3.63) is 18.1 Å². The molecule has 0 aromatic carbocycles. The molecular weight excluding hydrogens is 230 g/mol. The first-order chi connectivity index (χ1) is 8.54. The topological polar surface area (TPSA) is 75.1 Å². The first kappa shape index (κ1) is 14.4. The lowest BCUT2D eigenvalue weighted by Crippen LogP contribution is -2.29. The van der Waals surface area contributed by atoms with Gasteiger partial charge >= 0.3 is 5.97 Å². The minimum absolute atomic E-state index is 0.227. The number of carboxylic acid groups (broad SMARTS) is 1. The van der Waals surface area contributed by atoms with Gasteiger partial charge in [-0.3, -0.25) is 0 Å². The van der Waals surface area contributed by atoms with Gasteiger partial charge in [-0.25, -0.2) is 14.8 Å². The van der Waals surface area contributed by atoms with E-state index < -0.39 is 12.0 Å². The van der Waals surface area contributed by atoms with Gasteiger partial charge in [0.15, 0.2) is 0 Å². The quantitative estimate of drug-likeness (QED) is 0.779. The van der Waals surface area contributed by atoms with Gasteiger partial charge < -0.3 is 10.4 Å². The first-order valence-electron chi connectivity index (χ1n) is 6.36. The van der Waals surface area contributed by atoms with Crippen LogP contribution in [0.1, 0.15) is 51.8 Å². The Hall–Kier alpha value is -1.65. The van der Waals surface area contributed by atoms with Gasteiger partial charge in [-0.1, -0.05) is 33.6 Å². The number of carbonyl (C=O) groups is 1. The van der Waals surface area contributed by atoms with Crippen LogP contribution in [0.3, 0.4) is 0 Å². The zero-order valence-corrected chi connectivity index (χ0v) is 11.2. The van der Waals surface area contributed by atoms with E-state index in [1.807, 2.05) is 20.8 Å². The van der Waals surface area contributed by atoms with Gasteiger partial charge in [0.05, 0.1) is 0 Å². The number of hydrogen-bond acceptors (Lipinski definition) is 4.